The second-order valence-electron chi connectivity index (χ2n) is 9.41. The maximum absolute atomic E-state index is 13.6. The molecule has 1 aromatic heterocycles. The van der Waals surface area contributed by atoms with Crippen LogP contribution in [0.3, 0.4) is 0 Å². The summed E-state index contributed by atoms with van der Waals surface area (Å²) < 4.78 is 0. The predicted molar refractivity (Wildman–Crippen MR) is 138 cm³/mol. The number of para-hydroxylation sites is 1. The van der Waals surface area contributed by atoms with Crippen LogP contribution in [0.5, 0.6) is 0 Å². The lowest BCUT2D eigenvalue weighted by atomic mass is 9.79. The van der Waals surface area contributed by atoms with Gasteiger partial charge in [-0.3, -0.25) is 14.9 Å². The number of aliphatic hydroxyl groups excluding tert-OH is 1. The first-order valence-electron chi connectivity index (χ1n) is 12.6. The van der Waals surface area contributed by atoms with Gasteiger partial charge in [0.1, 0.15) is 0 Å². The number of aromatic nitrogens is 1. The van der Waals surface area contributed by atoms with Crippen molar-refractivity contribution in [3.63, 3.8) is 0 Å². The lowest BCUT2D eigenvalue weighted by Crippen LogP contribution is -2.64. The third-order valence-electron chi connectivity index (χ3n) is 6.96. The van der Waals surface area contributed by atoms with E-state index in [0.29, 0.717) is 25.8 Å². The third-order valence-corrected chi connectivity index (χ3v) is 6.96. The molecule has 0 radical (unpaired) electrons. The Kier molecular flexibility index (Phi) is 8.55. The maximum atomic E-state index is 13.6. The predicted octanol–water partition coefficient (Wildman–Crippen LogP) is 2.84. The lowest BCUT2D eigenvalue weighted by Gasteiger charge is -2.39. The topological polar surface area (TPSA) is 106 Å². The normalized spacial score (nSPS) is 16.0. The van der Waals surface area contributed by atoms with Gasteiger partial charge in [-0.2, -0.15) is 0 Å². The molecule has 3 aromatic rings. The van der Waals surface area contributed by atoms with Crippen LogP contribution in [0.15, 0.2) is 60.8 Å². The number of carbonyl (C=O) groups is 2. The van der Waals surface area contributed by atoms with Crippen molar-refractivity contribution in [1.29, 1.82) is 0 Å². The molecule has 7 nitrogen and oxygen atoms in total. The zero-order chi connectivity index (χ0) is 24.5. The summed E-state index contributed by atoms with van der Waals surface area (Å²) in [5.41, 5.74) is 2.51. The monoisotopic (exact) mass is 476 g/mol. The van der Waals surface area contributed by atoms with E-state index in [1.54, 1.807) is 0 Å². The highest BCUT2D eigenvalue weighted by Gasteiger charge is 2.42. The van der Waals surface area contributed by atoms with E-state index in [2.05, 4.69) is 27.0 Å². The van der Waals surface area contributed by atoms with Gasteiger partial charge < -0.3 is 20.7 Å². The summed E-state index contributed by atoms with van der Waals surface area (Å²) in [5.74, 6) is -0.232. The second kappa shape index (κ2) is 12.0. The van der Waals surface area contributed by atoms with E-state index in [9.17, 15) is 14.7 Å². The number of fused-ring (bicyclic) bond motifs is 1. The first-order valence-corrected chi connectivity index (χ1v) is 12.6. The van der Waals surface area contributed by atoms with E-state index in [1.165, 1.54) is 10.9 Å². The van der Waals surface area contributed by atoms with Gasteiger partial charge in [0.2, 0.25) is 11.8 Å². The van der Waals surface area contributed by atoms with Gasteiger partial charge in [0, 0.05) is 30.2 Å². The first-order chi connectivity index (χ1) is 17.1. The minimum Gasteiger partial charge on any atom is -0.395 e. The number of nitrogens with one attached hydrogen (secondary N) is 4. The van der Waals surface area contributed by atoms with Crippen LogP contribution in [-0.2, 0) is 22.4 Å². The molecule has 0 bridgehead atoms. The third kappa shape index (κ3) is 6.29. The van der Waals surface area contributed by atoms with Crippen LogP contribution >= 0.6 is 0 Å². The summed E-state index contributed by atoms with van der Waals surface area (Å²) in [5, 5.41) is 19.8. The molecule has 1 aliphatic carbocycles. The van der Waals surface area contributed by atoms with Gasteiger partial charge in [0.25, 0.3) is 0 Å². The summed E-state index contributed by atoms with van der Waals surface area (Å²) in [6.07, 6.45) is 7.59. The van der Waals surface area contributed by atoms with Gasteiger partial charge in [-0.25, -0.2) is 0 Å². The molecule has 0 aliphatic heterocycles. The number of benzene rings is 2. The number of hydrogen-bond acceptors (Lipinski definition) is 4. The maximum Gasteiger partial charge on any atom is 0.240 e. The van der Waals surface area contributed by atoms with Crippen molar-refractivity contribution >= 4 is 22.7 Å². The average Bonchev–Trinajstić information content (AvgIpc) is 3.31. The van der Waals surface area contributed by atoms with Crippen molar-refractivity contribution in [3.8, 4) is 0 Å². The van der Waals surface area contributed by atoms with Crippen molar-refractivity contribution in [2.45, 2.75) is 56.5 Å². The Morgan fingerprint density at radius 1 is 0.943 bits per heavy atom. The van der Waals surface area contributed by atoms with Gasteiger partial charge in [-0.15, -0.1) is 0 Å². The largest absolute Gasteiger partial charge is 0.395 e. The average molecular weight is 477 g/mol. The SMILES string of the molecule is O=C(NCCO)[C@H](Cc1ccccc1)NC1(C(=O)NCCc2c[nH]c3ccccc23)CCCCC1. The zero-order valence-corrected chi connectivity index (χ0v) is 20.2. The number of hydrogen-bond donors (Lipinski definition) is 5. The number of aliphatic hydroxyl groups is 1. The van der Waals surface area contributed by atoms with E-state index in [0.717, 1.165) is 36.8 Å². The van der Waals surface area contributed by atoms with Crippen LogP contribution in [0.25, 0.3) is 10.9 Å². The smallest absolute Gasteiger partial charge is 0.240 e. The molecule has 7 heteroatoms. The lowest BCUT2D eigenvalue weighted by molar-refractivity contribution is -0.131. The summed E-state index contributed by atoms with van der Waals surface area (Å²) >= 11 is 0. The molecule has 1 aliphatic rings. The fraction of sp³-hybridized carbons (Fsp3) is 0.429. The quantitative estimate of drug-likeness (QED) is 0.293. The van der Waals surface area contributed by atoms with Gasteiger partial charge in [-0.05, 0) is 42.9 Å². The molecule has 0 unspecified atom stereocenters. The van der Waals surface area contributed by atoms with E-state index in [-0.39, 0.29) is 25.0 Å². The van der Waals surface area contributed by atoms with Crippen molar-refractivity contribution < 1.29 is 14.7 Å². The van der Waals surface area contributed by atoms with Crippen molar-refractivity contribution in [3.05, 3.63) is 71.9 Å². The Balaban J connectivity index is 1.46. The molecule has 1 heterocycles. The number of aromatic amines is 1. The van der Waals surface area contributed by atoms with Crippen LogP contribution in [0, 0.1) is 0 Å². The molecule has 2 amide bonds. The molecule has 4 rings (SSSR count). The zero-order valence-electron chi connectivity index (χ0n) is 20.2. The number of carbonyl (C=O) groups excluding carboxylic acids is 2. The van der Waals surface area contributed by atoms with Crippen LogP contribution in [-0.4, -0.2) is 53.2 Å². The highest BCUT2D eigenvalue weighted by molar-refractivity contribution is 5.89. The molecular weight excluding hydrogens is 440 g/mol. The Hall–Kier alpha value is -3.16. The molecular formula is C28H36N4O3. The van der Waals surface area contributed by atoms with Crippen LogP contribution in [0.1, 0.15) is 43.2 Å². The van der Waals surface area contributed by atoms with E-state index in [1.807, 2.05) is 54.7 Å². The van der Waals surface area contributed by atoms with E-state index < -0.39 is 11.6 Å². The summed E-state index contributed by atoms with van der Waals surface area (Å²) in [6.45, 7) is 0.600. The number of amides is 2. The molecule has 186 valence electrons. The van der Waals surface area contributed by atoms with E-state index >= 15 is 0 Å². The summed E-state index contributed by atoms with van der Waals surface area (Å²) in [7, 11) is 0. The first kappa shape index (κ1) is 24.9. The van der Waals surface area contributed by atoms with Gasteiger partial charge >= 0.3 is 0 Å². The van der Waals surface area contributed by atoms with Crippen molar-refractivity contribution in [1.82, 2.24) is 20.9 Å². The van der Waals surface area contributed by atoms with Gasteiger partial charge in [0.05, 0.1) is 18.2 Å². The second-order valence-corrected chi connectivity index (χ2v) is 9.41. The minimum atomic E-state index is -0.783. The number of rotatable bonds is 11. The molecule has 0 spiro atoms. The highest BCUT2D eigenvalue weighted by atomic mass is 16.3. The van der Waals surface area contributed by atoms with Gasteiger partial charge in [-0.1, -0.05) is 67.8 Å². The Morgan fingerprint density at radius 3 is 2.46 bits per heavy atom. The molecule has 1 saturated carbocycles. The van der Waals surface area contributed by atoms with Crippen LogP contribution < -0.4 is 16.0 Å². The highest BCUT2D eigenvalue weighted by Crippen LogP contribution is 2.29. The summed E-state index contributed by atoms with van der Waals surface area (Å²) in [6, 6.07) is 17.4. The fourth-order valence-electron chi connectivity index (χ4n) is 5.11. The van der Waals surface area contributed by atoms with Gasteiger partial charge in [0.15, 0.2) is 0 Å². The van der Waals surface area contributed by atoms with Crippen molar-refractivity contribution in [2.75, 3.05) is 19.7 Å². The summed E-state index contributed by atoms with van der Waals surface area (Å²) in [4.78, 5) is 29.9. The molecule has 1 atom stereocenters. The van der Waals surface area contributed by atoms with Crippen LogP contribution in [0.2, 0.25) is 0 Å². The Bertz CT molecular complexity index is 1110. The number of H-pyrrole nitrogens is 1. The van der Waals surface area contributed by atoms with E-state index in [4.69, 9.17) is 0 Å². The fourth-order valence-corrected chi connectivity index (χ4v) is 5.11. The van der Waals surface area contributed by atoms with Crippen molar-refractivity contribution in [2.24, 2.45) is 0 Å². The standard InChI is InChI=1S/C28H36N4O3/c33-18-17-29-26(34)25(19-21-9-3-1-4-10-21)32-28(14-7-2-8-15-28)27(35)30-16-13-22-20-31-24-12-6-5-11-23(22)24/h1,3-6,9-12,20,25,31-33H,2,7-8,13-19H2,(H,29,34)(H,30,35)/t25-/m0/s1. The molecule has 2 aromatic carbocycles. The molecule has 1 fully saturated rings. The van der Waals surface area contributed by atoms with Crippen LogP contribution in [0.4, 0.5) is 0 Å². The minimum absolute atomic E-state index is 0.0370. The molecule has 5 N–H and O–H groups in total. The molecule has 0 saturated heterocycles. The molecule has 35 heavy (non-hydrogen) atoms. The Labute approximate surface area is 206 Å². The Morgan fingerprint density at radius 2 is 1.69 bits per heavy atom.